The Hall–Kier alpha value is -4.25. The molecule has 0 aliphatic rings. The topological polar surface area (TPSA) is 128 Å². The van der Waals surface area contributed by atoms with Crippen molar-refractivity contribution in [1.29, 1.82) is 0 Å². The Morgan fingerprint density at radius 3 is 1.83 bits per heavy atom. The second-order valence-corrected chi connectivity index (χ2v) is 13.6. The van der Waals surface area contributed by atoms with Crippen LogP contribution in [0.15, 0.2) is 127 Å². The zero-order valence-electron chi connectivity index (χ0n) is 30.2. The number of nitrogens with one attached hydrogen (secondary N) is 1. The van der Waals surface area contributed by atoms with Gasteiger partial charge in [-0.3, -0.25) is 4.79 Å². The fourth-order valence-electron chi connectivity index (χ4n) is 6.09. The van der Waals surface area contributed by atoms with Crippen LogP contribution in [0.5, 0.6) is 5.75 Å². The average molecular weight is 775 g/mol. The number of unbranched alkanes of at least 4 members (excludes halogenated alkanes) is 3. The van der Waals surface area contributed by atoms with Gasteiger partial charge in [-0.15, -0.1) is 0 Å². The fourth-order valence-corrected chi connectivity index (χ4v) is 6.46. The number of aliphatic hydroxyl groups excluding tert-OH is 2. The molecule has 5 aromatic rings. The molecular formula is C44H49Cl2NO7. The number of rotatable bonds is 20. The molecule has 8 nitrogen and oxygen atoms in total. The molecule has 0 radical (unpaired) electrons. The van der Waals surface area contributed by atoms with E-state index in [4.69, 9.17) is 32.7 Å². The Kier molecular flexibility index (Phi) is 18.0. The summed E-state index contributed by atoms with van der Waals surface area (Å²) in [6.07, 6.45) is 3.52. The number of aliphatic hydroxyl groups is 2. The third kappa shape index (κ3) is 12.4. The van der Waals surface area contributed by atoms with E-state index >= 15 is 0 Å². The summed E-state index contributed by atoms with van der Waals surface area (Å²) in [5.74, 6) is -0.841. The third-order valence-corrected chi connectivity index (χ3v) is 9.57. The minimum absolute atomic E-state index is 0.0374. The first-order chi connectivity index (χ1) is 26.3. The van der Waals surface area contributed by atoms with E-state index in [2.05, 4.69) is 5.32 Å². The van der Waals surface area contributed by atoms with Crippen LogP contribution >= 0.6 is 23.2 Å². The maximum atomic E-state index is 12.4. The molecule has 5 N–H and O–H groups in total. The molecule has 0 aliphatic heterocycles. The molecule has 0 spiro atoms. The monoisotopic (exact) mass is 773 g/mol. The van der Waals surface area contributed by atoms with E-state index in [1.165, 1.54) is 6.07 Å². The van der Waals surface area contributed by atoms with E-state index in [0.717, 1.165) is 54.5 Å². The molecule has 54 heavy (non-hydrogen) atoms. The summed E-state index contributed by atoms with van der Waals surface area (Å²) < 4.78 is 11.2. The molecule has 286 valence electrons. The maximum absolute atomic E-state index is 12.4. The van der Waals surface area contributed by atoms with Crippen molar-refractivity contribution in [3.8, 4) is 5.75 Å². The number of hydrogen-bond acceptors (Lipinski definition) is 7. The predicted molar refractivity (Wildman–Crippen MR) is 214 cm³/mol. The van der Waals surface area contributed by atoms with Gasteiger partial charge in [0.1, 0.15) is 11.2 Å². The van der Waals surface area contributed by atoms with Gasteiger partial charge >= 0.3 is 5.97 Å². The van der Waals surface area contributed by atoms with Crippen LogP contribution in [0, 0.1) is 0 Å². The van der Waals surface area contributed by atoms with Gasteiger partial charge in [-0.1, -0.05) is 133 Å². The highest BCUT2D eigenvalue weighted by atomic mass is 35.5. The van der Waals surface area contributed by atoms with Gasteiger partial charge in [0, 0.05) is 28.8 Å². The van der Waals surface area contributed by atoms with E-state index in [-0.39, 0.29) is 12.4 Å². The molecule has 10 heteroatoms. The van der Waals surface area contributed by atoms with Crippen LogP contribution in [0.25, 0.3) is 0 Å². The zero-order valence-corrected chi connectivity index (χ0v) is 31.8. The summed E-state index contributed by atoms with van der Waals surface area (Å²) >= 11 is 12.0. The van der Waals surface area contributed by atoms with Crippen LogP contribution in [-0.4, -0.2) is 59.3 Å². The highest BCUT2D eigenvalue weighted by Gasteiger charge is 2.43. The SMILES string of the molecule is O=C(O)C(c1ccccc1)(c1ccccc1)c1ccccc1.OCc1cc([C@@H](O)CNCCCCCCOCCOCc2cc(Cl)ccc2Cl)ccc1O. The van der Waals surface area contributed by atoms with Crippen LogP contribution in [0.4, 0.5) is 0 Å². The first-order valence-electron chi connectivity index (χ1n) is 18.1. The fraction of sp³-hybridized carbons (Fsp3) is 0.295. The number of benzene rings is 5. The van der Waals surface area contributed by atoms with Crippen LogP contribution in [-0.2, 0) is 32.9 Å². The minimum atomic E-state index is -1.20. The van der Waals surface area contributed by atoms with Gasteiger partial charge in [-0.05, 0) is 77.5 Å². The molecule has 5 rings (SSSR count). The number of aliphatic carboxylic acids is 1. The summed E-state index contributed by atoms with van der Waals surface area (Å²) in [6, 6.07) is 38.2. The van der Waals surface area contributed by atoms with E-state index < -0.39 is 17.5 Å². The lowest BCUT2D eigenvalue weighted by Gasteiger charge is -2.31. The van der Waals surface area contributed by atoms with Crippen molar-refractivity contribution in [2.24, 2.45) is 0 Å². The molecule has 0 unspecified atom stereocenters. The molecule has 0 heterocycles. The van der Waals surface area contributed by atoms with Crippen LogP contribution in [0.3, 0.4) is 0 Å². The summed E-state index contributed by atoms with van der Waals surface area (Å²) in [6.45, 7) is 3.18. The van der Waals surface area contributed by atoms with Crippen LogP contribution in [0.2, 0.25) is 10.0 Å². The number of hydrogen-bond donors (Lipinski definition) is 5. The predicted octanol–water partition coefficient (Wildman–Crippen LogP) is 8.71. The van der Waals surface area contributed by atoms with Gasteiger partial charge in [0.15, 0.2) is 0 Å². The van der Waals surface area contributed by atoms with Gasteiger partial charge in [0.25, 0.3) is 0 Å². The number of halogens is 2. The van der Waals surface area contributed by atoms with Crippen molar-refractivity contribution in [2.75, 3.05) is 32.9 Å². The van der Waals surface area contributed by atoms with Gasteiger partial charge in [-0.25, -0.2) is 0 Å². The zero-order chi connectivity index (χ0) is 38.6. The lowest BCUT2D eigenvalue weighted by molar-refractivity contribution is -0.140. The number of carbonyl (C=O) groups is 1. The minimum Gasteiger partial charge on any atom is -0.508 e. The standard InChI is InChI=1S/C24H33Cl2NO5.C20H16O2/c25-21-6-7-22(26)20(14-21)17-32-12-11-31-10-4-2-1-3-9-27-15-24(30)18-5-8-23(29)19(13-18)16-28;21-19(22)20(16-10-4-1-5-11-16,17-12-6-2-7-13-17)18-14-8-3-9-15-18/h5-8,13-14,24,27-30H,1-4,9-12,15-17H2;1-15H,(H,21,22)/t24-;/m0./s1. The normalized spacial score (nSPS) is 11.8. The largest absolute Gasteiger partial charge is 0.508 e. The second-order valence-electron chi connectivity index (χ2n) is 12.7. The number of phenols is 1. The lowest BCUT2D eigenvalue weighted by Crippen LogP contribution is -2.38. The molecule has 0 saturated carbocycles. The lowest BCUT2D eigenvalue weighted by atomic mass is 9.69. The molecule has 0 saturated heterocycles. The van der Waals surface area contributed by atoms with Crippen LogP contribution in [0.1, 0.15) is 65.2 Å². The summed E-state index contributed by atoms with van der Waals surface area (Å²) in [4.78, 5) is 12.4. The van der Waals surface area contributed by atoms with Gasteiger partial charge in [0.05, 0.1) is 32.5 Å². The highest BCUT2D eigenvalue weighted by molar-refractivity contribution is 6.33. The van der Waals surface area contributed by atoms with Crippen molar-refractivity contribution in [3.63, 3.8) is 0 Å². The highest BCUT2D eigenvalue weighted by Crippen LogP contribution is 2.39. The molecule has 5 aromatic carbocycles. The summed E-state index contributed by atoms with van der Waals surface area (Å²) in [5.41, 5.74) is 3.01. The van der Waals surface area contributed by atoms with Gasteiger partial charge in [0.2, 0.25) is 0 Å². The average Bonchev–Trinajstić information content (AvgIpc) is 3.19. The smallest absolute Gasteiger partial charge is 0.323 e. The quantitative estimate of drug-likeness (QED) is 0.0393. The van der Waals surface area contributed by atoms with Crippen LogP contribution < -0.4 is 5.32 Å². The van der Waals surface area contributed by atoms with Gasteiger partial charge < -0.3 is 35.2 Å². The van der Waals surface area contributed by atoms with Crippen molar-refractivity contribution in [2.45, 2.75) is 50.4 Å². The molecule has 0 fully saturated rings. The molecule has 0 bridgehead atoms. The molecule has 0 amide bonds. The number of aromatic hydroxyl groups is 1. The summed E-state index contributed by atoms with van der Waals surface area (Å²) in [5, 5.41) is 43.7. The van der Waals surface area contributed by atoms with Crippen molar-refractivity contribution >= 4 is 29.2 Å². The Morgan fingerprint density at radius 1 is 0.685 bits per heavy atom. The van der Waals surface area contributed by atoms with E-state index in [1.807, 2.05) is 91.0 Å². The van der Waals surface area contributed by atoms with Crippen molar-refractivity contribution in [1.82, 2.24) is 5.32 Å². The van der Waals surface area contributed by atoms with Gasteiger partial charge in [-0.2, -0.15) is 0 Å². The first-order valence-corrected chi connectivity index (χ1v) is 18.8. The van der Waals surface area contributed by atoms with E-state index in [0.29, 0.717) is 54.1 Å². The Morgan fingerprint density at radius 2 is 1.26 bits per heavy atom. The molecular weight excluding hydrogens is 725 g/mol. The van der Waals surface area contributed by atoms with Crippen molar-refractivity contribution in [3.05, 3.63) is 171 Å². The maximum Gasteiger partial charge on any atom is 0.323 e. The van der Waals surface area contributed by atoms with E-state index in [9.17, 15) is 25.2 Å². The number of carboxylic acid groups (broad SMARTS) is 1. The molecule has 0 aliphatic carbocycles. The summed E-state index contributed by atoms with van der Waals surface area (Å²) in [7, 11) is 0. The molecule has 0 aromatic heterocycles. The second kappa shape index (κ2) is 22.8. The number of ether oxygens (including phenoxy) is 2. The van der Waals surface area contributed by atoms with Crippen molar-refractivity contribution < 1.29 is 34.7 Å². The van der Waals surface area contributed by atoms with E-state index in [1.54, 1.807) is 30.3 Å². The molecule has 1 atom stereocenters. The first kappa shape index (κ1) is 42.5. The Bertz CT molecular complexity index is 1730. The Balaban J connectivity index is 0.000000256. The number of carboxylic acids is 1. The third-order valence-electron chi connectivity index (χ3n) is 8.97. The Labute approximate surface area is 327 Å².